The Kier molecular flexibility index (Phi) is 9.56. The number of carbonyl (C=O) groups is 1. The Bertz CT molecular complexity index is 816. The average Bonchev–Trinajstić information content (AvgIpc) is 3.14. The fourth-order valence-electron chi connectivity index (χ4n) is 4.43. The molecule has 170 valence electrons. The Labute approximate surface area is 196 Å². The van der Waals surface area contributed by atoms with Crippen LogP contribution in [-0.2, 0) is 4.79 Å². The summed E-state index contributed by atoms with van der Waals surface area (Å²) in [6.45, 7) is 5.49. The molecule has 2 fully saturated rings. The molecule has 2 aromatic rings. The van der Waals surface area contributed by atoms with Crippen LogP contribution in [0, 0.1) is 5.82 Å². The molecule has 0 aromatic heterocycles. The first-order valence-corrected chi connectivity index (χ1v) is 10.4. The summed E-state index contributed by atoms with van der Waals surface area (Å²) in [5.41, 5.74) is 8.66. The Hall–Kier alpha value is -1.86. The number of nitrogens with zero attached hydrogens (tertiary/aromatic N) is 3. The van der Waals surface area contributed by atoms with Gasteiger partial charge in [0.1, 0.15) is 5.82 Å². The van der Waals surface area contributed by atoms with Crippen molar-refractivity contribution >= 4 is 36.4 Å². The van der Waals surface area contributed by atoms with Gasteiger partial charge in [-0.25, -0.2) is 4.39 Å². The molecule has 0 spiro atoms. The molecule has 31 heavy (non-hydrogen) atoms. The number of piperazine rings is 1. The zero-order valence-electron chi connectivity index (χ0n) is 17.5. The van der Waals surface area contributed by atoms with Crippen LogP contribution in [-0.4, -0.2) is 67.6 Å². The van der Waals surface area contributed by atoms with Crippen molar-refractivity contribution in [3.8, 4) is 0 Å². The maximum Gasteiger partial charge on any atom is 0.223 e. The number of anilines is 1. The first-order chi connectivity index (χ1) is 14.1. The normalized spacial score (nSPS) is 21.4. The summed E-state index contributed by atoms with van der Waals surface area (Å²) < 4.78 is 13.1. The summed E-state index contributed by atoms with van der Waals surface area (Å²) in [4.78, 5) is 19.1. The molecule has 2 aliphatic heterocycles. The summed E-state index contributed by atoms with van der Waals surface area (Å²) >= 11 is 0. The van der Waals surface area contributed by atoms with E-state index in [0.29, 0.717) is 25.4 Å². The summed E-state index contributed by atoms with van der Waals surface area (Å²) in [6, 6.07) is 17.1. The molecule has 0 bridgehead atoms. The van der Waals surface area contributed by atoms with Gasteiger partial charge in [-0.1, -0.05) is 30.3 Å². The van der Waals surface area contributed by atoms with E-state index in [1.165, 1.54) is 17.7 Å². The number of hydrogen-bond acceptors (Lipinski definition) is 4. The SMILES string of the molecule is Cl.Cl.N[C@@H]1CN(CCC(=O)N2CCN(c3ccc(F)cc3)CC2)C[C@H]1c1ccccc1. The lowest BCUT2D eigenvalue weighted by Gasteiger charge is -2.36. The number of carbonyl (C=O) groups excluding carboxylic acids is 1. The van der Waals surface area contributed by atoms with Crippen molar-refractivity contribution in [3.05, 3.63) is 66.0 Å². The van der Waals surface area contributed by atoms with Crippen molar-refractivity contribution < 1.29 is 9.18 Å². The maximum absolute atomic E-state index is 13.1. The van der Waals surface area contributed by atoms with Gasteiger partial charge >= 0.3 is 0 Å². The third-order valence-corrected chi connectivity index (χ3v) is 6.13. The Morgan fingerprint density at radius 1 is 0.935 bits per heavy atom. The smallest absolute Gasteiger partial charge is 0.223 e. The van der Waals surface area contributed by atoms with E-state index in [1.54, 1.807) is 12.1 Å². The second-order valence-corrected chi connectivity index (χ2v) is 8.03. The van der Waals surface area contributed by atoms with Crippen molar-refractivity contribution in [1.29, 1.82) is 0 Å². The molecule has 2 saturated heterocycles. The third-order valence-electron chi connectivity index (χ3n) is 6.13. The number of benzene rings is 2. The second kappa shape index (κ2) is 11.7. The third kappa shape index (κ3) is 6.32. The minimum Gasteiger partial charge on any atom is -0.368 e. The molecule has 2 heterocycles. The zero-order valence-corrected chi connectivity index (χ0v) is 19.2. The van der Waals surface area contributed by atoms with Crippen LogP contribution in [0.5, 0.6) is 0 Å². The van der Waals surface area contributed by atoms with E-state index >= 15 is 0 Å². The minimum atomic E-state index is -0.223. The highest BCUT2D eigenvalue weighted by molar-refractivity contribution is 5.85. The van der Waals surface area contributed by atoms with Gasteiger partial charge in [-0.3, -0.25) is 4.79 Å². The lowest BCUT2D eigenvalue weighted by Crippen LogP contribution is -2.49. The second-order valence-electron chi connectivity index (χ2n) is 8.03. The number of rotatable bonds is 5. The summed E-state index contributed by atoms with van der Waals surface area (Å²) in [7, 11) is 0. The topological polar surface area (TPSA) is 52.8 Å². The molecule has 2 N–H and O–H groups in total. The first kappa shape index (κ1) is 25.4. The highest BCUT2D eigenvalue weighted by atomic mass is 35.5. The fourth-order valence-corrected chi connectivity index (χ4v) is 4.43. The lowest BCUT2D eigenvalue weighted by atomic mass is 9.95. The number of hydrogen-bond donors (Lipinski definition) is 1. The molecule has 1 amide bonds. The van der Waals surface area contributed by atoms with Crippen LogP contribution in [0.3, 0.4) is 0 Å². The van der Waals surface area contributed by atoms with Crippen LogP contribution in [0.15, 0.2) is 54.6 Å². The van der Waals surface area contributed by atoms with Crippen LogP contribution in [0.4, 0.5) is 10.1 Å². The number of amides is 1. The van der Waals surface area contributed by atoms with Crippen LogP contribution in [0.25, 0.3) is 0 Å². The molecule has 0 radical (unpaired) electrons. The Balaban J connectivity index is 0.00000171. The molecule has 2 aliphatic rings. The van der Waals surface area contributed by atoms with E-state index < -0.39 is 0 Å². The average molecular weight is 469 g/mol. The Morgan fingerprint density at radius 3 is 2.23 bits per heavy atom. The standard InChI is InChI=1S/C23H29FN4O.2ClH/c24-19-6-8-20(9-7-19)27-12-14-28(15-13-27)23(29)10-11-26-16-21(22(25)17-26)18-4-2-1-3-5-18;;/h1-9,21-22H,10-17,25H2;2*1H/t21-,22+;;/m0../s1. The van der Waals surface area contributed by atoms with E-state index in [-0.39, 0.29) is 42.6 Å². The molecule has 5 nitrogen and oxygen atoms in total. The largest absolute Gasteiger partial charge is 0.368 e. The highest BCUT2D eigenvalue weighted by Gasteiger charge is 2.31. The first-order valence-electron chi connectivity index (χ1n) is 10.4. The molecule has 8 heteroatoms. The minimum absolute atomic E-state index is 0. The van der Waals surface area contributed by atoms with Gasteiger partial charge in [0.2, 0.25) is 5.91 Å². The van der Waals surface area contributed by atoms with Gasteiger partial charge in [-0.05, 0) is 29.8 Å². The number of nitrogens with two attached hydrogens (primary N) is 1. The van der Waals surface area contributed by atoms with E-state index in [0.717, 1.165) is 38.4 Å². The van der Waals surface area contributed by atoms with Crippen molar-refractivity contribution in [2.75, 3.05) is 50.7 Å². The summed E-state index contributed by atoms with van der Waals surface area (Å²) in [5.74, 6) is 0.324. The van der Waals surface area contributed by atoms with Crippen LogP contribution < -0.4 is 10.6 Å². The van der Waals surface area contributed by atoms with Crippen molar-refractivity contribution in [2.45, 2.75) is 18.4 Å². The fraction of sp³-hybridized carbons (Fsp3) is 0.435. The van der Waals surface area contributed by atoms with E-state index in [1.807, 2.05) is 11.0 Å². The molecule has 4 rings (SSSR count). The number of likely N-dealkylation sites (tertiary alicyclic amines) is 1. The number of halogens is 3. The molecular formula is C23H31Cl2FN4O. The van der Waals surface area contributed by atoms with Gasteiger partial charge < -0.3 is 20.4 Å². The monoisotopic (exact) mass is 468 g/mol. The summed E-state index contributed by atoms with van der Waals surface area (Å²) in [5, 5.41) is 0. The molecular weight excluding hydrogens is 438 g/mol. The van der Waals surface area contributed by atoms with Crippen molar-refractivity contribution in [3.63, 3.8) is 0 Å². The van der Waals surface area contributed by atoms with Crippen LogP contribution >= 0.6 is 24.8 Å². The van der Waals surface area contributed by atoms with Gasteiger partial charge in [0, 0.05) is 69.9 Å². The van der Waals surface area contributed by atoms with E-state index in [9.17, 15) is 9.18 Å². The van der Waals surface area contributed by atoms with Gasteiger partial charge in [0.05, 0.1) is 0 Å². The predicted molar refractivity (Wildman–Crippen MR) is 128 cm³/mol. The van der Waals surface area contributed by atoms with E-state index in [2.05, 4.69) is 34.1 Å². The lowest BCUT2D eigenvalue weighted by molar-refractivity contribution is -0.131. The highest BCUT2D eigenvalue weighted by Crippen LogP contribution is 2.26. The van der Waals surface area contributed by atoms with Gasteiger partial charge in [-0.15, -0.1) is 24.8 Å². The summed E-state index contributed by atoms with van der Waals surface area (Å²) in [6.07, 6.45) is 0.533. The van der Waals surface area contributed by atoms with Crippen molar-refractivity contribution in [2.24, 2.45) is 5.73 Å². The molecule has 2 atom stereocenters. The van der Waals surface area contributed by atoms with Crippen LogP contribution in [0.1, 0.15) is 17.9 Å². The van der Waals surface area contributed by atoms with Gasteiger partial charge in [0.25, 0.3) is 0 Å². The van der Waals surface area contributed by atoms with E-state index in [4.69, 9.17) is 5.73 Å². The van der Waals surface area contributed by atoms with Gasteiger partial charge in [0.15, 0.2) is 0 Å². The van der Waals surface area contributed by atoms with Crippen LogP contribution in [0.2, 0.25) is 0 Å². The van der Waals surface area contributed by atoms with Crippen molar-refractivity contribution in [1.82, 2.24) is 9.80 Å². The molecule has 0 unspecified atom stereocenters. The molecule has 0 saturated carbocycles. The zero-order chi connectivity index (χ0) is 20.2. The quantitative estimate of drug-likeness (QED) is 0.731. The van der Waals surface area contributed by atoms with Gasteiger partial charge in [-0.2, -0.15) is 0 Å². The molecule has 0 aliphatic carbocycles. The predicted octanol–water partition coefficient (Wildman–Crippen LogP) is 3.13. The Morgan fingerprint density at radius 2 is 1.58 bits per heavy atom. The maximum atomic E-state index is 13.1. The molecule has 2 aromatic carbocycles.